The number of hydrogen-bond donors (Lipinski definition) is 2. The molecule has 0 aromatic heterocycles. The first-order valence-electron chi connectivity index (χ1n) is 6.23. The van der Waals surface area contributed by atoms with Crippen LogP contribution in [-0.2, 0) is 0 Å². The van der Waals surface area contributed by atoms with E-state index in [1.807, 2.05) is 12.1 Å². The van der Waals surface area contributed by atoms with Crippen LogP contribution in [0, 0.1) is 5.41 Å². The standard InChI is InChI=1S/C13H19ClN4/c1-2-17-5-7-18(8-6-17)12-4-3-10(13(15)16)9-11(12)14/h3-4,9H,2,5-8H2,1H3,(H3,15,16). The maximum absolute atomic E-state index is 7.40. The molecule has 0 aliphatic carbocycles. The van der Waals surface area contributed by atoms with Crippen molar-refractivity contribution in [3.05, 3.63) is 28.8 Å². The van der Waals surface area contributed by atoms with Gasteiger partial charge in [0.05, 0.1) is 10.7 Å². The second-order valence-electron chi connectivity index (χ2n) is 4.50. The van der Waals surface area contributed by atoms with Crippen molar-refractivity contribution in [2.24, 2.45) is 5.73 Å². The second-order valence-corrected chi connectivity index (χ2v) is 4.91. The molecule has 1 saturated heterocycles. The largest absolute Gasteiger partial charge is 0.384 e. The Labute approximate surface area is 113 Å². The van der Waals surface area contributed by atoms with E-state index in [4.69, 9.17) is 22.7 Å². The summed E-state index contributed by atoms with van der Waals surface area (Å²) in [4.78, 5) is 4.72. The summed E-state index contributed by atoms with van der Waals surface area (Å²) in [5, 5.41) is 8.07. The number of nitrogens with zero attached hydrogens (tertiary/aromatic N) is 2. The van der Waals surface area contributed by atoms with E-state index >= 15 is 0 Å². The van der Waals surface area contributed by atoms with Crippen LogP contribution < -0.4 is 10.6 Å². The molecule has 4 nitrogen and oxygen atoms in total. The van der Waals surface area contributed by atoms with Gasteiger partial charge < -0.3 is 15.5 Å². The number of nitrogens with two attached hydrogens (primary N) is 1. The van der Waals surface area contributed by atoms with E-state index in [1.54, 1.807) is 6.07 Å². The summed E-state index contributed by atoms with van der Waals surface area (Å²) in [6.07, 6.45) is 0. The number of anilines is 1. The Balaban J connectivity index is 2.12. The minimum absolute atomic E-state index is 0.0549. The van der Waals surface area contributed by atoms with Gasteiger partial charge in [0, 0.05) is 31.7 Å². The molecular formula is C13H19ClN4. The molecule has 18 heavy (non-hydrogen) atoms. The third-order valence-corrected chi connectivity index (χ3v) is 3.72. The zero-order chi connectivity index (χ0) is 13.1. The molecule has 0 radical (unpaired) electrons. The van der Waals surface area contributed by atoms with Crippen molar-refractivity contribution < 1.29 is 0 Å². The Hall–Kier alpha value is -1.26. The van der Waals surface area contributed by atoms with Gasteiger partial charge in [-0.05, 0) is 24.7 Å². The zero-order valence-electron chi connectivity index (χ0n) is 10.6. The first-order chi connectivity index (χ1) is 8.61. The third-order valence-electron chi connectivity index (χ3n) is 3.42. The normalized spacial score (nSPS) is 16.9. The van der Waals surface area contributed by atoms with Crippen LogP contribution in [0.15, 0.2) is 18.2 Å². The Morgan fingerprint density at radius 1 is 1.33 bits per heavy atom. The molecule has 1 aromatic rings. The van der Waals surface area contributed by atoms with Gasteiger partial charge in [0.25, 0.3) is 0 Å². The molecule has 0 saturated carbocycles. The predicted octanol–water partition coefficient (Wildman–Crippen LogP) is 1.77. The molecule has 1 aliphatic rings. The molecule has 1 aliphatic heterocycles. The highest BCUT2D eigenvalue weighted by molar-refractivity contribution is 6.33. The highest BCUT2D eigenvalue weighted by Crippen LogP contribution is 2.27. The van der Waals surface area contributed by atoms with Gasteiger partial charge in [-0.1, -0.05) is 18.5 Å². The Kier molecular flexibility index (Phi) is 4.09. The van der Waals surface area contributed by atoms with Crippen molar-refractivity contribution >= 4 is 23.1 Å². The molecule has 2 rings (SSSR count). The molecule has 0 bridgehead atoms. The summed E-state index contributed by atoms with van der Waals surface area (Å²) in [6.45, 7) is 7.41. The number of nitrogen functional groups attached to an aromatic ring is 1. The minimum Gasteiger partial charge on any atom is -0.384 e. The van der Waals surface area contributed by atoms with E-state index in [2.05, 4.69) is 16.7 Å². The van der Waals surface area contributed by atoms with Crippen LogP contribution in [0.3, 0.4) is 0 Å². The lowest BCUT2D eigenvalue weighted by Gasteiger charge is -2.36. The Morgan fingerprint density at radius 2 is 2.00 bits per heavy atom. The number of amidine groups is 1. The van der Waals surface area contributed by atoms with Crippen LogP contribution in [0.2, 0.25) is 5.02 Å². The summed E-state index contributed by atoms with van der Waals surface area (Å²) in [5.74, 6) is 0.0549. The van der Waals surface area contributed by atoms with Crippen molar-refractivity contribution in [1.82, 2.24) is 4.90 Å². The van der Waals surface area contributed by atoms with Gasteiger partial charge in [-0.3, -0.25) is 5.41 Å². The number of hydrogen-bond acceptors (Lipinski definition) is 3. The lowest BCUT2D eigenvalue weighted by molar-refractivity contribution is 0.271. The van der Waals surface area contributed by atoms with Crippen molar-refractivity contribution in [2.75, 3.05) is 37.6 Å². The predicted molar refractivity (Wildman–Crippen MR) is 76.8 cm³/mol. The molecular weight excluding hydrogens is 248 g/mol. The first kappa shape index (κ1) is 13.2. The van der Waals surface area contributed by atoms with E-state index in [0.717, 1.165) is 38.4 Å². The van der Waals surface area contributed by atoms with Crippen LogP contribution in [0.4, 0.5) is 5.69 Å². The fourth-order valence-electron chi connectivity index (χ4n) is 2.24. The Bertz CT molecular complexity index is 439. The molecule has 0 spiro atoms. The van der Waals surface area contributed by atoms with Crippen molar-refractivity contribution in [1.29, 1.82) is 5.41 Å². The molecule has 5 heteroatoms. The molecule has 0 amide bonds. The summed E-state index contributed by atoms with van der Waals surface area (Å²) < 4.78 is 0. The SMILES string of the molecule is CCN1CCN(c2ccc(C(=N)N)cc2Cl)CC1. The summed E-state index contributed by atoms with van der Waals surface area (Å²) >= 11 is 6.27. The summed E-state index contributed by atoms with van der Waals surface area (Å²) in [6, 6.07) is 5.59. The van der Waals surface area contributed by atoms with E-state index in [0.29, 0.717) is 10.6 Å². The van der Waals surface area contributed by atoms with Crippen molar-refractivity contribution in [3.63, 3.8) is 0 Å². The minimum atomic E-state index is 0.0549. The van der Waals surface area contributed by atoms with E-state index in [1.165, 1.54) is 0 Å². The second kappa shape index (κ2) is 5.59. The zero-order valence-corrected chi connectivity index (χ0v) is 11.4. The van der Waals surface area contributed by atoms with Crippen LogP contribution in [0.5, 0.6) is 0 Å². The van der Waals surface area contributed by atoms with Crippen LogP contribution in [-0.4, -0.2) is 43.5 Å². The number of halogens is 1. The van der Waals surface area contributed by atoms with E-state index in [9.17, 15) is 0 Å². The quantitative estimate of drug-likeness (QED) is 0.648. The summed E-state index contributed by atoms with van der Waals surface area (Å²) in [5.41, 5.74) is 7.17. The number of rotatable bonds is 3. The smallest absolute Gasteiger partial charge is 0.122 e. The maximum Gasteiger partial charge on any atom is 0.122 e. The molecule has 98 valence electrons. The molecule has 0 unspecified atom stereocenters. The van der Waals surface area contributed by atoms with Gasteiger partial charge in [-0.25, -0.2) is 0 Å². The highest BCUT2D eigenvalue weighted by atomic mass is 35.5. The summed E-state index contributed by atoms with van der Waals surface area (Å²) in [7, 11) is 0. The van der Waals surface area contributed by atoms with E-state index < -0.39 is 0 Å². The maximum atomic E-state index is 7.40. The first-order valence-corrected chi connectivity index (χ1v) is 6.61. The fraction of sp³-hybridized carbons (Fsp3) is 0.462. The monoisotopic (exact) mass is 266 g/mol. The van der Waals surface area contributed by atoms with Crippen molar-refractivity contribution in [2.45, 2.75) is 6.92 Å². The number of nitrogens with one attached hydrogen (secondary N) is 1. The van der Waals surface area contributed by atoms with Gasteiger partial charge in [0.15, 0.2) is 0 Å². The average Bonchev–Trinajstić information content (AvgIpc) is 2.38. The van der Waals surface area contributed by atoms with Gasteiger partial charge in [0.1, 0.15) is 5.84 Å². The molecule has 0 atom stereocenters. The van der Waals surface area contributed by atoms with Crippen molar-refractivity contribution in [3.8, 4) is 0 Å². The van der Waals surface area contributed by atoms with Crippen LogP contribution >= 0.6 is 11.6 Å². The van der Waals surface area contributed by atoms with Gasteiger partial charge >= 0.3 is 0 Å². The van der Waals surface area contributed by atoms with Crippen LogP contribution in [0.25, 0.3) is 0 Å². The third kappa shape index (κ3) is 2.76. The lowest BCUT2D eigenvalue weighted by atomic mass is 10.1. The van der Waals surface area contributed by atoms with Crippen LogP contribution in [0.1, 0.15) is 12.5 Å². The molecule has 1 fully saturated rings. The number of benzene rings is 1. The Morgan fingerprint density at radius 3 is 2.50 bits per heavy atom. The molecule has 3 N–H and O–H groups in total. The van der Waals surface area contributed by atoms with Gasteiger partial charge in [-0.2, -0.15) is 0 Å². The number of piperazine rings is 1. The fourth-order valence-corrected chi connectivity index (χ4v) is 2.54. The molecule has 1 aromatic carbocycles. The average molecular weight is 267 g/mol. The lowest BCUT2D eigenvalue weighted by Crippen LogP contribution is -2.46. The number of likely N-dealkylation sites (N-methyl/N-ethyl adjacent to an activating group) is 1. The highest BCUT2D eigenvalue weighted by Gasteiger charge is 2.18. The van der Waals surface area contributed by atoms with Gasteiger partial charge in [-0.15, -0.1) is 0 Å². The molecule has 1 heterocycles. The topological polar surface area (TPSA) is 56.4 Å². The van der Waals surface area contributed by atoms with E-state index in [-0.39, 0.29) is 5.84 Å². The van der Waals surface area contributed by atoms with Gasteiger partial charge in [0.2, 0.25) is 0 Å².